The number of carbonyl (C=O) groups is 1. The number of hydrogen-bond acceptors (Lipinski definition) is 5. The van der Waals surface area contributed by atoms with E-state index in [1.54, 1.807) is 0 Å². The quantitative estimate of drug-likeness (QED) is 0.302. The zero-order valence-electron chi connectivity index (χ0n) is 17.6. The van der Waals surface area contributed by atoms with Gasteiger partial charge in [0.25, 0.3) is 5.91 Å². The highest BCUT2D eigenvalue weighted by molar-refractivity contribution is 7.13. The summed E-state index contributed by atoms with van der Waals surface area (Å²) >= 11 is 7.47. The van der Waals surface area contributed by atoms with Crippen LogP contribution in [-0.2, 0) is 6.42 Å². The first-order valence-corrected chi connectivity index (χ1v) is 11.5. The lowest BCUT2D eigenvalue weighted by molar-refractivity contribution is 0.102. The first-order valence-electron chi connectivity index (χ1n) is 10.2. The lowest BCUT2D eigenvalue weighted by Crippen LogP contribution is -2.13. The number of hydrogen-bond donors (Lipinski definition) is 3. The number of nitrogens with one attached hydrogen (secondary N) is 2. The van der Waals surface area contributed by atoms with E-state index in [0.29, 0.717) is 15.7 Å². The number of amides is 1. The fraction of sp³-hybridized carbons (Fsp3) is 0.120. The second-order valence-corrected chi connectivity index (χ2v) is 8.77. The van der Waals surface area contributed by atoms with Crippen molar-refractivity contribution >= 4 is 45.4 Å². The molecular weight excluding hydrogens is 440 g/mol. The second kappa shape index (κ2) is 9.85. The number of nitrogens with two attached hydrogens (primary N) is 1. The van der Waals surface area contributed by atoms with Gasteiger partial charge >= 0.3 is 0 Å². The van der Waals surface area contributed by atoms with Crippen LogP contribution in [0, 0.1) is 6.92 Å². The average molecular weight is 463 g/mol. The number of aromatic nitrogens is 1. The van der Waals surface area contributed by atoms with Gasteiger partial charge in [-0.2, -0.15) is 0 Å². The van der Waals surface area contributed by atoms with E-state index in [1.807, 2.05) is 79.0 Å². The van der Waals surface area contributed by atoms with Crippen LogP contribution >= 0.6 is 22.9 Å². The van der Waals surface area contributed by atoms with Crippen LogP contribution in [0.2, 0.25) is 5.02 Å². The molecule has 3 aromatic carbocycles. The molecule has 4 rings (SSSR count). The number of halogens is 1. The smallest absolute Gasteiger partial charge is 0.256 e. The van der Waals surface area contributed by atoms with Crippen molar-refractivity contribution in [3.8, 4) is 11.1 Å². The molecule has 5 nitrogen and oxygen atoms in total. The molecule has 0 aliphatic carbocycles. The molecule has 162 valence electrons. The SMILES string of the molecule is Cc1ccc(-c2ccc(Cl)cc2)c(C(=O)Nc2ccc(NCCc3csc(N)n3)cc2)c1. The molecule has 0 aliphatic heterocycles. The third-order valence-electron chi connectivity index (χ3n) is 5.00. The Morgan fingerprint density at radius 1 is 1.03 bits per heavy atom. The Morgan fingerprint density at radius 2 is 1.75 bits per heavy atom. The largest absolute Gasteiger partial charge is 0.385 e. The summed E-state index contributed by atoms with van der Waals surface area (Å²) in [6, 6.07) is 21.0. The van der Waals surface area contributed by atoms with Crippen LogP contribution in [-0.4, -0.2) is 17.4 Å². The molecule has 4 N–H and O–H groups in total. The molecule has 4 aromatic rings. The highest BCUT2D eigenvalue weighted by Gasteiger charge is 2.14. The van der Waals surface area contributed by atoms with E-state index in [4.69, 9.17) is 17.3 Å². The summed E-state index contributed by atoms with van der Waals surface area (Å²) < 4.78 is 0. The molecule has 1 heterocycles. The van der Waals surface area contributed by atoms with Gasteiger partial charge in [0.05, 0.1) is 5.69 Å². The van der Waals surface area contributed by atoms with Crippen molar-refractivity contribution in [3.63, 3.8) is 0 Å². The van der Waals surface area contributed by atoms with E-state index >= 15 is 0 Å². The summed E-state index contributed by atoms with van der Waals surface area (Å²) in [6.45, 7) is 2.73. The molecule has 0 unspecified atom stereocenters. The summed E-state index contributed by atoms with van der Waals surface area (Å²) in [7, 11) is 0. The molecule has 0 fully saturated rings. The zero-order valence-corrected chi connectivity index (χ0v) is 19.1. The van der Waals surface area contributed by atoms with Gasteiger partial charge in [-0.3, -0.25) is 4.79 Å². The topological polar surface area (TPSA) is 80.0 Å². The van der Waals surface area contributed by atoms with Crippen molar-refractivity contribution in [2.24, 2.45) is 0 Å². The highest BCUT2D eigenvalue weighted by Crippen LogP contribution is 2.27. The van der Waals surface area contributed by atoms with Crippen molar-refractivity contribution in [2.45, 2.75) is 13.3 Å². The number of thiazole rings is 1. The van der Waals surface area contributed by atoms with Gasteiger partial charge in [-0.1, -0.05) is 41.4 Å². The minimum absolute atomic E-state index is 0.152. The number of aryl methyl sites for hydroxylation is 1. The lowest BCUT2D eigenvalue weighted by Gasteiger charge is -2.12. The third kappa shape index (κ3) is 5.46. The second-order valence-electron chi connectivity index (χ2n) is 7.44. The van der Waals surface area contributed by atoms with Crippen LogP contribution in [0.25, 0.3) is 11.1 Å². The van der Waals surface area contributed by atoms with E-state index in [2.05, 4.69) is 15.6 Å². The highest BCUT2D eigenvalue weighted by atomic mass is 35.5. The molecular formula is C25H23ClN4OS. The van der Waals surface area contributed by atoms with E-state index in [0.717, 1.165) is 46.7 Å². The third-order valence-corrected chi connectivity index (χ3v) is 5.97. The van der Waals surface area contributed by atoms with Gasteiger partial charge in [0.1, 0.15) is 0 Å². The predicted octanol–water partition coefficient (Wildman–Crippen LogP) is 6.26. The first kappa shape index (κ1) is 21.9. The molecule has 1 amide bonds. The van der Waals surface area contributed by atoms with Gasteiger partial charge in [-0.05, 0) is 60.5 Å². The number of nitrogens with zero attached hydrogens (tertiary/aromatic N) is 1. The Balaban J connectivity index is 1.42. The van der Waals surface area contributed by atoms with Gasteiger partial charge in [0.2, 0.25) is 0 Å². The van der Waals surface area contributed by atoms with Gasteiger partial charge in [0.15, 0.2) is 5.13 Å². The minimum atomic E-state index is -0.152. The normalized spacial score (nSPS) is 10.7. The van der Waals surface area contributed by atoms with Crippen LogP contribution in [0.15, 0.2) is 72.1 Å². The Hall–Kier alpha value is -3.35. The molecule has 0 atom stereocenters. The molecule has 0 spiro atoms. The molecule has 0 saturated heterocycles. The van der Waals surface area contributed by atoms with E-state index < -0.39 is 0 Å². The van der Waals surface area contributed by atoms with E-state index in [1.165, 1.54) is 11.3 Å². The maximum Gasteiger partial charge on any atom is 0.256 e. The number of anilines is 3. The Labute approximate surface area is 196 Å². The standard InChI is InChI=1S/C25H23ClN4OS/c1-16-2-11-22(17-3-5-18(26)6-4-17)23(14-16)24(31)29-20-9-7-19(8-10-20)28-13-12-21-15-32-25(27)30-21/h2-11,14-15,28H,12-13H2,1H3,(H2,27,30)(H,29,31). The van der Waals surface area contributed by atoms with Gasteiger partial charge in [0, 0.05) is 40.3 Å². The van der Waals surface area contributed by atoms with E-state index in [9.17, 15) is 4.79 Å². The summed E-state index contributed by atoms with van der Waals surface area (Å²) in [5.74, 6) is -0.152. The minimum Gasteiger partial charge on any atom is -0.385 e. The van der Waals surface area contributed by atoms with Crippen molar-refractivity contribution in [1.29, 1.82) is 0 Å². The first-order chi connectivity index (χ1) is 15.5. The van der Waals surface area contributed by atoms with Crippen LogP contribution in [0.1, 0.15) is 21.6 Å². The summed E-state index contributed by atoms with van der Waals surface area (Å²) in [6.07, 6.45) is 0.799. The van der Waals surface area contributed by atoms with Gasteiger partial charge in [-0.15, -0.1) is 11.3 Å². The number of carbonyl (C=O) groups excluding carboxylic acids is 1. The zero-order chi connectivity index (χ0) is 22.5. The Kier molecular flexibility index (Phi) is 6.73. The van der Waals surface area contributed by atoms with Crippen molar-refractivity contribution in [2.75, 3.05) is 22.9 Å². The van der Waals surface area contributed by atoms with Crippen LogP contribution < -0.4 is 16.4 Å². The monoisotopic (exact) mass is 462 g/mol. The molecule has 7 heteroatoms. The summed E-state index contributed by atoms with van der Waals surface area (Å²) in [5, 5.41) is 9.59. The van der Waals surface area contributed by atoms with Crippen LogP contribution in [0.5, 0.6) is 0 Å². The maximum absolute atomic E-state index is 13.1. The molecule has 0 saturated carbocycles. The number of rotatable bonds is 7. The van der Waals surface area contributed by atoms with E-state index in [-0.39, 0.29) is 5.91 Å². The molecule has 0 aliphatic rings. The lowest BCUT2D eigenvalue weighted by atomic mass is 9.97. The van der Waals surface area contributed by atoms with Crippen molar-refractivity contribution < 1.29 is 4.79 Å². The Morgan fingerprint density at radius 3 is 2.44 bits per heavy atom. The van der Waals surface area contributed by atoms with Gasteiger partial charge < -0.3 is 16.4 Å². The fourth-order valence-corrected chi connectivity index (χ4v) is 4.09. The van der Waals surface area contributed by atoms with Crippen molar-refractivity contribution in [1.82, 2.24) is 4.98 Å². The van der Waals surface area contributed by atoms with Gasteiger partial charge in [-0.25, -0.2) is 4.98 Å². The van der Waals surface area contributed by atoms with Crippen molar-refractivity contribution in [3.05, 3.63) is 94.0 Å². The van der Waals surface area contributed by atoms with Crippen LogP contribution in [0.4, 0.5) is 16.5 Å². The molecule has 32 heavy (non-hydrogen) atoms. The Bertz CT molecular complexity index is 1220. The fourth-order valence-electron chi connectivity index (χ4n) is 3.37. The van der Waals surface area contributed by atoms with Crippen LogP contribution in [0.3, 0.4) is 0 Å². The molecule has 0 radical (unpaired) electrons. The average Bonchev–Trinajstić information content (AvgIpc) is 3.20. The summed E-state index contributed by atoms with van der Waals surface area (Å²) in [5.41, 5.74) is 11.8. The molecule has 1 aromatic heterocycles. The predicted molar refractivity (Wildman–Crippen MR) is 135 cm³/mol. The maximum atomic E-state index is 13.1. The number of benzene rings is 3. The number of nitrogen functional groups attached to an aromatic ring is 1. The summed E-state index contributed by atoms with van der Waals surface area (Å²) in [4.78, 5) is 17.3. The molecule has 0 bridgehead atoms.